The number of ether oxygens (including phenoxy) is 1. The molecule has 18 heavy (non-hydrogen) atoms. The van der Waals surface area contributed by atoms with Gasteiger partial charge in [0.15, 0.2) is 0 Å². The Hall–Kier alpha value is -0.0800. The molecule has 0 saturated carbocycles. The third-order valence-electron chi connectivity index (χ3n) is 3.39. The third-order valence-corrected chi connectivity index (χ3v) is 5.92. The number of carbonyl (C=O) groups is 1. The maximum atomic E-state index is 12.4. The molecule has 0 aromatic carbocycles. The molecule has 5 nitrogen and oxygen atoms in total. The van der Waals surface area contributed by atoms with Crippen molar-refractivity contribution >= 4 is 6.03 Å². The fraction of sp³-hybridized carbons (Fsp3) is 0.917. The summed E-state index contributed by atoms with van der Waals surface area (Å²) >= 11 is 0.187. The summed E-state index contributed by atoms with van der Waals surface area (Å²) < 4.78 is 9.15. The third kappa shape index (κ3) is 3.48. The van der Waals surface area contributed by atoms with E-state index in [0.29, 0.717) is 19.3 Å². The normalized spacial score (nSPS) is 26.7. The number of carbonyl (C=O) groups excluding carboxylic acids is 1. The van der Waals surface area contributed by atoms with Crippen LogP contribution >= 0.6 is 0 Å². The van der Waals surface area contributed by atoms with Gasteiger partial charge in [-0.15, -0.1) is 0 Å². The zero-order valence-electron chi connectivity index (χ0n) is 11.3. The Balaban J connectivity index is 1.87. The van der Waals surface area contributed by atoms with E-state index in [4.69, 9.17) is 4.74 Å². The molecule has 0 spiro atoms. The van der Waals surface area contributed by atoms with Gasteiger partial charge in [-0.2, -0.15) is 0 Å². The van der Waals surface area contributed by atoms with Crippen molar-refractivity contribution in [2.75, 3.05) is 50.4 Å². The summed E-state index contributed by atoms with van der Waals surface area (Å²) in [5.41, 5.74) is 0. The Morgan fingerprint density at radius 3 is 2.61 bits per heavy atom. The quantitative estimate of drug-likeness (QED) is 0.307. The van der Waals surface area contributed by atoms with E-state index in [1.54, 1.807) is 0 Å². The molecule has 0 aliphatic carbocycles. The number of hydrogen-bond donors (Lipinski definition) is 0. The fourth-order valence-electron chi connectivity index (χ4n) is 2.41. The predicted octanol–water partition coefficient (Wildman–Crippen LogP) is -2.53. The average molecular weight is 368 g/mol. The van der Waals surface area contributed by atoms with Crippen molar-refractivity contribution < 1.29 is 31.0 Å². The number of hydrogen-bond acceptors (Lipinski definition) is 3. The van der Waals surface area contributed by atoms with Gasteiger partial charge in [0.1, 0.15) is 0 Å². The van der Waals surface area contributed by atoms with Crippen molar-refractivity contribution in [1.29, 1.82) is 0 Å². The molecule has 2 heterocycles. The summed E-state index contributed by atoms with van der Waals surface area (Å²) in [6.07, 6.45) is 0. The molecule has 0 aromatic rings. The van der Waals surface area contributed by atoms with Gasteiger partial charge in [-0.05, 0) is 0 Å². The van der Waals surface area contributed by atoms with Gasteiger partial charge >= 0.3 is 120 Å². The number of halogens is 1. The number of piperazine rings is 1. The molecule has 2 amide bonds. The number of rotatable bonds is 2. The Morgan fingerprint density at radius 1 is 1.28 bits per heavy atom. The molecule has 2 saturated heterocycles. The van der Waals surface area contributed by atoms with Crippen molar-refractivity contribution in [2.24, 2.45) is 0 Å². The second-order valence-electron chi connectivity index (χ2n) is 4.68. The van der Waals surface area contributed by atoms with Crippen molar-refractivity contribution in [2.45, 2.75) is 19.9 Å². The van der Waals surface area contributed by atoms with Crippen molar-refractivity contribution in [3.63, 3.8) is 0 Å². The van der Waals surface area contributed by atoms with E-state index in [1.165, 1.54) is 4.43 Å². The van der Waals surface area contributed by atoms with Gasteiger partial charge in [0.05, 0.1) is 0 Å². The Bertz CT molecular complexity index is 284. The summed E-state index contributed by atoms with van der Waals surface area (Å²) in [5, 5.41) is 0. The monoisotopic (exact) mass is 368 g/mol. The van der Waals surface area contributed by atoms with Crippen molar-refractivity contribution in [3.05, 3.63) is 0 Å². The van der Waals surface area contributed by atoms with Gasteiger partial charge in [-0.1, -0.05) is 0 Å². The maximum absolute atomic E-state index is 12.4. The minimum absolute atomic E-state index is 0.187. The predicted molar refractivity (Wildman–Crippen MR) is 66.1 cm³/mol. The molecular formula is C12H23IN3O2-. The van der Waals surface area contributed by atoms with Gasteiger partial charge in [-0.25, -0.2) is 0 Å². The second-order valence-corrected chi connectivity index (χ2v) is 8.25. The average Bonchev–Trinajstić information content (AvgIpc) is 2.40. The molecule has 106 valence electrons. The van der Waals surface area contributed by atoms with Crippen LogP contribution in [-0.2, 0) is 4.74 Å². The van der Waals surface area contributed by atoms with Crippen LogP contribution in [-0.4, -0.2) is 75.4 Å². The van der Waals surface area contributed by atoms with Crippen molar-refractivity contribution in [1.82, 2.24) is 12.9 Å². The summed E-state index contributed by atoms with van der Waals surface area (Å²) in [4.78, 5) is 16.4. The first-order valence-corrected chi connectivity index (χ1v) is 9.19. The zero-order chi connectivity index (χ0) is 13.0. The van der Waals surface area contributed by atoms with Crippen LogP contribution in [0.25, 0.3) is 0 Å². The van der Waals surface area contributed by atoms with E-state index in [2.05, 4.69) is 17.0 Å². The second kappa shape index (κ2) is 6.91. The Labute approximate surface area is 120 Å². The number of alkyl halides is 1. The molecule has 1 unspecified atom stereocenters. The number of morpholine rings is 1. The summed E-state index contributed by atoms with van der Waals surface area (Å²) in [6, 6.07) is 0.556. The summed E-state index contributed by atoms with van der Waals surface area (Å²) in [7, 11) is 0. The van der Waals surface area contributed by atoms with Gasteiger partial charge < -0.3 is 0 Å². The molecule has 6 heteroatoms. The van der Waals surface area contributed by atoms with Crippen molar-refractivity contribution in [3.8, 4) is 0 Å². The number of urea groups is 1. The first-order chi connectivity index (χ1) is 8.72. The summed E-state index contributed by atoms with van der Waals surface area (Å²) in [5.74, 6) is 0. The van der Waals surface area contributed by atoms with Crippen LogP contribution in [0.4, 0.5) is 4.79 Å². The first kappa shape index (κ1) is 14.3. The Morgan fingerprint density at radius 2 is 2.00 bits per heavy atom. The number of nitrogens with zero attached hydrogens (tertiary/aromatic N) is 3. The topological polar surface area (TPSA) is 36.0 Å². The van der Waals surface area contributed by atoms with E-state index in [0.717, 1.165) is 32.7 Å². The summed E-state index contributed by atoms with van der Waals surface area (Å²) in [6.45, 7) is 10.3. The molecular weight excluding hydrogens is 345 g/mol. The molecule has 2 fully saturated rings. The number of amides is 2. The fourth-order valence-corrected chi connectivity index (χ4v) is 4.78. The van der Waals surface area contributed by atoms with E-state index in [9.17, 15) is 4.79 Å². The molecule has 0 aromatic heterocycles. The standard InChI is InChI=1S/C12H23IN3O2/c1-3-13-15-4-5-16(11(2)10-15)12(17)14-6-8-18-9-7-14/h11H,3-10H2,1-2H3/q-1. The van der Waals surface area contributed by atoms with Gasteiger partial charge in [-0.3, -0.25) is 0 Å². The molecule has 0 radical (unpaired) electrons. The molecule has 2 rings (SSSR count). The zero-order valence-corrected chi connectivity index (χ0v) is 13.4. The van der Waals surface area contributed by atoms with E-state index >= 15 is 0 Å². The molecule has 2 aliphatic heterocycles. The van der Waals surface area contributed by atoms with Gasteiger partial charge in [0, 0.05) is 0 Å². The van der Waals surface area contributed by atoms with Crippen LogP contribution in [0.3, 0.4) is 0 Å². The SMILES string of the molecule is CC[I-]N1CCN(C(=O)N2CCOCC2)C(C)C1. The minimum atomic E-state index is 0.187. The van der Waals surface area contributed by atoms with Crippen LogP contribution < -0.4 is 21.5 Å². The van der Waals surface area contributed by atoms with Crippen LogP contribution in [0.2, 0.25) is 0 Å². The van der Waals surface area contributed by atoms with Crippen LogP contribution in [0.15, 0.2) is 0 Å². The van der Waals surface area contributed by atoms with E-state index < -0.39 is 0 Å². The molecule has 0 bridgehead atoms. The molecule has 0 N–H and O–H groups in total. The van der Waals surface area contributed by atoms with E-state index in [-0.39, 0.29) is 27.5 Å². The van der Waals surface area contributed by atoms with Crippen LogP contribution in [0.1, 0.15) is 13.8 Å². The first-order valence-electron chi connectivity index (χ1n) is 6.70. The molecule has 1 atom stereocenters. The van der Waals surface area contributed by atoms with Crippen LogP contribution in [0, 0.1) is 0 Å². The Kier molecular flexibility index (Phi) is 5.50. The van der Waals surface area contributed by atoms with Crippen LogP contribution in [0.5, 0.6) is 0 Å². The van der Waals surface area contributed by atoms with Gasteiger partial charge in [0.25, 0.3) is 0 Å². The van der Waals surface area contributed by atoms with E-state index in [1.807, 2.05) is 9.80 Å². The molecule has 2 aliphatic rings. The van der Waals surface area contributed by atoms with Gasteiger partial charge in [0.2, 0.25) is 0 Å².